The molecule has 0 saturated carbocycles. The molecule has 0 fully saturated rings. The van der Waals surface area contributed by atoms with Crippen LogP contribution in [-0.2, 0) is 53.8 Å². The van der Waals surface area contributed by atoms with Gasteiger partial charge in [-0.15, -0.1) is 48.4 Å². The van der Waals surface area contributed by atoms with Gasteiger partial charge in [-0.05, 0) is 261 Å². The van der Waals surface area contributed by atoms with E-state index in [1.54, 1.807) is 77.5 Å². The Labute approximate surface area is 807 Å². The predicted molar refractivity (Wildman–Crippen MR) is 543 cm³/mol. The first-order valence-electron chi connectivity index (χ1n) is 39.5. The van der Waals surface area contributed by atoms with Gasteiger partial charge in [0.05, 0.1) is 5.56 Å². The Morgan fingerprint density at radius 1 is 0.315 bits per heavy atom. The molecule has 7 aliphatic carbocycles. The van der Waals surface area contributed by atoms with Crippen LogP contribution in [0.15, 0.2) is 245 Å². The van der Waals surface area contributed by atoms with Crippen LogP contribution in [0.1, 0.15) is 335 Å². The summed E-state index contributed by atoms with van der Waals surface area (Å²) in [4.78, 5) is 89.3. The van der Waals surface area contributed by atoms with Gasteiger partial charge < -0.3 is 21.1 Å². The monoisotopic (exact) mass is 1970 g/mol. The second-order valence-electron chi connectivity index (χ2n) is 29.1. The smallest absolute Gasteiger partial charge is 0.335 e. The Hall–Kier alpha value is -10.6. The first kappa shape index (κ1) is 127. The number of aromatic carboxylic acids is 1. The van der Waals surface area contributed by atoms with Crippen molar-refractivity contribution in [2.24, 2.45) is 0 Å². The van der Waals surface area contributed by atoms with E-state index in [1.807, 2.05) is 111 Å². The van der Waals surface area contributed by atoms with E-state index in [0.717, 1.165) is 81.2 Å². The van der Waals surface area contributed by atoms with Gasteiger partial charge in [-0.3, -0.25) is 33.6 Å². The van der Waals surface area contributed by atoms with Gasteiger partial charge in [0.2, 0.25) is 5.91 Å². The van der Waals surface area contributed by atoms with Crippen LogP contribution in [0.5, 0.6) is 0 Å². The standard InChI is InChI=1S/2C15H17NO.2C15H16O.C14H14NO.C14H14O2.C10H10O2.C5H7.10CH4.W.Y/c2*1-11-6-8-14(15(17)16-2)10-13(11)9-7-12-4-3-5-12;2*1-11-6-8-15(12(2)16)10-14(11)9-7-13-4-3-5-13;1-15-14(16)13-7-3-6-12(10-13)9-8-11-4-2-5-11;1-10-5-7-13(14(15)16)9-12(10)8-6-11-3-2-4-11;1-7-3-4-9(8(2)12)5-10(7)6-11;1-5-3-2-4-5;;;;;;;;;;;;/h2*4,6-10H,3,5H2,1-2H3,(H,16,17);2*4,6-10H,3,5H2,1-2H3;3-4,7-10H,2,5H2,1H3,(H,15,16);3,5-9H,2,4H2,1H3,(H,15,16);3-6H,1-2H3;3H,1-2,4H2;10*1H4;;/q;;;;-1;;;-1;;;;;;;;;;;;/b4*9-7+;9-8+;8-6+;;;;;;;;;;;;;;. The van der Waals surface area contributed by atoms with Crippen LogP contribution in [0.25, 0.3) is 36.5 Å². The number of Topliss-reactive ketones (excluding diaryl/α,β-unsaturated/α-hetero) is 3. The number of carboxylic acid groups (broad SMARTS) is 1. The minimum Gasteiger partial charge on any atom is -0.478 e. The van der Waals surface area contributed by atoms with Crippen LogP contribution < -0.4 is 16.0 Å². The maximum absolute atomic E-state index is 11.5. The summed E-state index contributed by atoms with van der Waals surface area (Å²) < 4.78 is 0. The number of aldehydes is 1. The van der Waals surface area contributed by atoms with Crippen molar-refractivity contribution < 1.29 is 97.2 Å². The molecule has 0 aromatic heterocycles. The Balaban J connectivity index is -0.000000328. The fourth-order valence-corrected chi connectivity index (χ4v) is 11.4. The molecule has 14 rings (SSSR count). The molecule has 3 amide bonds. The normalized spacial score (nSPS) is 12.9. The van der Waals surface area contributed by atoms with Crippen LogP contribution in [-0.4, -0.2) is 73.6 Å². The number of nitrogens with one attached hydrogen (secondary N) is 3. The number of aryl methyl sites for hydroxylation is 6. The molecule has 0 spiro atoms. The van der Waals surface area contributed by atoms with Crippen molar-refractivity contribution in [2.45, 2.75) is 226 Å². The second kappa shape index (κ2) is 66.8. The molecule has 7 aromatic carbocycles. The van der Waals surface area contributed by atoms with E-state index in [1.165, 1.54) is 139 Å². The van der Waals surface area contributed by atoms with Crippen molar-refractivity contribution in [3.63, 3.8) is 0 Å². The van der Waals surface area contributed by atoms with Gasteiger partial charge in [-0.25, -0.2) is 23.4 Å². The molecule has 0 aliphatic heterocycles. The maximum atomic E-state index is 11.5. The number of hydrogen-bond donors (Lipinski definition) is 4. The Morgan fingerprint density at radius 3 is 0.732 bits per heavy atom. The minimum absolute atomic E-state index is 0. The third kappa shape index (κ3) is 43.2. The topological polar surface area (TPSA) is 193 Å². The number of allylic oxidation sites excluding steroid dienone is 20. The van der Waals surface area contributed by atoms with E-state index in [9.17, 15) is 38.4 Å². The summed E-state index contributed by atoms with van der Waals surface area (Å²) in [6.45, 7) is 20.5. The molecule has 7 aromatic rings. The number of carbonyl (C=O) groups excluding carboxylic acids is 7. The Bertz CT molecular complexity index is 4850. The molecule has 683 valence electrons. The van der Waals surface area contributed by atoms with Gasteiger partial charge in [0.1, 0.15) is 6.29 Å². The number of amides is 3. The summed E-state index contributed by atoms with van der Waals surface area (Å²) in [5.41, 5.74) is 27.9. The summed E-state index contributed by atoms with van der Waals surface area (Å²) in [6.07, 6.45) is 58.0. The summed E-state index contributed by atoms with van der Waals surface area (Å²) in [6, 6.07) is 42.1. The van der Waals surface area contributed by atoms with E-state index in [2.05, 4.69) is 160 Å². The zero-order valence-corrected chi connectivity index (χ0v) is 75.7. The average Bonchev–Trinajstić information content (AvgIpc) is 0.865. The number of carboxylic acids is 1. The fourth-order valence-electron chi connectivity index (χ4n) is 11.4. The van der Waals surface area contributed by atoms with E-state index in [-0.39, 0.29) is 163 Å². The SMILES string of the molecule is C.C.C.C.C.C.C.C.C.C.CC(=O)c1ccc(C)c(/C=C/C2=CCC2)c1.CC(=O)c1ccc(C)c(/C=C/C2=CCC2)c1.CC(=O)c1ccc(C)c(C=O)c1.CNC(=O)c1cc[c-]c(/C=C/C2=CCC2)c1.CNC(=O)c1ccc(C)c(/C=C/C2=CCC2)c1.CNC(=O)c1ccc(C)c(/C=C/C2=CCC2)c1.Cc1ccc(C(=O)O)cc1/C=C/C1=CCC1.[CH2-]C1=CCC1.[W].[Y]. The summed E-state index contributed by atoms with van der Waals surface area (Å²) in [5.74, 6) is -0.790. The van der Waals surface area contributed by atoms with Gasteiger partial charge in [0.15, 0.2) is 17.3 Å². The quantitative estimate of drug-likeness (QED) is 0.0326. The number of benzene rings is 7. The molecule has 1 radical (unpaired) electrons. The zero-order valence-electron chi connectivity index (χ0n) is 70.0. The van der Waals surface area contributed by atoms with E-state index < -0.39 is 5.97 Å². The minimum atomic E-state index is -0.877. The molecule has 7 aliphatic rings. The third-order valence-electron chi connectivity index (χ3n) is 20.4. The molecule has 14 heteroatoms. The molecular formula is C113H151N3O9WY-2. The average molecular weight is 1970 g/mol. The molecule has 0 heterocycles. The third-order valence-corrected chi connectivity index (χ3v) is 20.4. The first-order chi connectivity index (χ1) is 55.2. The van der Waals surface area contributed by atoms with Gasteiger partial charge in [-0.1, -0.05) is 266 Å². The molecule has 0 saturated heterocycles. The van der Waals surface area contributed by atoms with Crippen LogP contribution in [0.4, 0.5) is 0 Å². The van der Waals surface area contributed by atoms with Crippen LogP contribution in [0.3, 0.4) is 0 Å². The van der Waals surface area contributed by atoms with Gasteiger partial charge >= 0.3 is 5.97 Å². The maximum Gasteiger partial charge on any atom is 0.335 e. The van der Waals surface area contributed by atoms with Crippen molar-refractivity contribution in [2.75, 3.05) is 21.1 Å². The van der Waals surface area contributed by atoms with Gasteiger partial charge in [0.25, 0.3) is 11.8 Å². The van der Waals surface area contributed by atoms with Crippen LogP contribution in [0.2, 0.25) is 0 Å². The summed E-state index contributed by atoms with van der Waals surface area (Å²) in [7, 11) is 4.93. The van der Waals surface area contributed by atoms with Gasteiger partial charge in [0, 0.05) is 108 Å². The number of carbonyl (C=O) groups is 8. The van der Waals surface area contributed by atoms with E-state index in [4.69, 9.17) is 5.11 Å². The van der Waals surface area contributed by atoms with Crippen molar-refractivity contribution in [3.8, 4) is 0 Å². The zero-order chi connectivity index (χ0) is 83.3. The summed E-state index contributed by atoms with van der Waals surface area (Å²) >= 11 is 0. The second-order valence-corrected chi connectivity index (χ2v) is 29.1. The fraction of sp³-hybridized carbons (Fsp3) is 0.319. The van der Waals surface area contributed by atoms with Crippen LogP contribution >= 0.6 is 0 Å². The number of rotatable bonds is 20. The van der Waals surface area contributed by atoms with E-state index in [0.29, 0.717) is 33.4 Å². The van der Waals surface area contributed by atoms with Gasteiger partial charge in [-0.2, -0.15) is 0 Å². The van der Waals surface area contributed by atoms with Crippen molar-refractivity contribution in [1.82, 2.24) is 16.0 Å². The largest absolute Gasteiger partial charge is 0.478 e. The van der Waals surface area contributed by atoms with Crippen LogP contribution in [0, 0.1) is 54.5 Å². The molecular weight excluding hydrogens is 1820 g/mol. The molecule has 0 unspecified atom stereocenters. The summed E-state index contributed by atoms with van der Waals surface area (Å²) in [5, 5.41) is 16.8. The van der Waals surface area contributed by atoms with Crippen molar-refractivity contribution in [3.05, 3.63) is 370 Å². The van der Waals surface area contributed by atoms with E-state index >= 15 is 0 Å². The molecule has 0 atom stereocenters. The predicted octanol–water partition coefficient (Wildman–Crippen LogP) is 30.0. The number of ketones is 3. The molecule has 0 bridgehead atoms. The first-order valence-corrected chi connectivity index (χ1v) is 39.5. The Kier molecular flexibility index (Phi) is 66.8. The molecule has 12 nitrogen and oxygen atoms in total. The molecule has 127 heavy (non-hydrogen) atoms. The van der Waals surface area contributed by atoms with Crippen molar-refractivity contribution in [1.29, 1.82) is 0 Å². The number of hydrogen-bond acceptors (Lipinski definition) is 8. The Morgan fingerprint density at radius 2 is 0.520 bits per heavy atom. The van der Waals surface area contributed by atoms with Crippen molar-refractivity contribution >= 4 is 83.8 Å². The molecule has 4 N–H and O–H groups in total.